The highest BCUT2D eigenvalue weighted by Gasteiger charge is 2.28. The second-order valence-corrected chi connectivity index (χ2v) is 7.64. The minimum absolute atomic E-state index is 0.0786. The van der Waals surface area contributed by atoms with Gasteiger partial charge in [-0.1, -0.05) is 26.0 Å². The summed E-state index contributed by atoms with van der Waals surface area (Å²) in [5.41, 5.74) is 3.56. The average molecular weight is 325 g/mol. The van der Waals surface area contributed by atoms with Gasteiger partial charge in [0.25, 0.3) is 0 Å². The number of aryl methyl sites for hydroxylation is 1. The summed E-state index contributed by atoms with van der Waals surface area (Å²) in [7, 11) is 0. The zero-order chi connectivity index (χ0) is 15.6. The molecule has 1 heterocycles. The minimum Gasteiger partial charge on any atom is -0.325 e. The Morgan fingerprint density at radius 2 is 2.00 bits per heavy atom. The van der Waals surface area contributed by atoms with Gasteiger partial charge in [0, 0.05) is 11.3 Å². The first-order valence-corrected chi connectivity index (χ1v) is 9.29. The largest absolute Gasteiger partial charge is 0.325 e. The van der Waals surface area contributed by atoms with Crippen molar-refractivity contribution in [3.8, 4) is 0 Å². The lowest BCUT2D eigenvalue weighted by Gasteiger charge is -2.31. The molecule has 4 heteroatoms. The first-order chi connectivity index (χ1) is 9.98. The summed E-state index contributed by atoms with van der Waals surface area (Å²) >= 11 is 8.36. The predicted molar refractivity (Wildman–Crippen MR) is 95.6 cm³/mol. The van der Waals surface area contributed by atoms with E-state index >= 15 is 0 Å². The molecule has 0 bridgehead atoms. The van der Waals surface area contributed by atoms with Crippen molar-refractivity contribution in [3.05, 3.63) is 29.6 Å². The van der Waals surface area contributed by atoms with Crippen molar-refractivity contribution in [2.45, 2.75) is 57.2 Å². The van der Waals surface area contributed by atoms with Crippen molar-refractivity contribution < 1.29 is 0 Å². The van der Waals surface area contributed by atoms with Gasteiger partial charge in [-0.05, 0) is 44.6 Å². The van der Waals surface area contributed by atoms with Crippen molar-refractivity contribution in [2.24, 2.45) is 0 Å². The predicted octanol–water partition coefficient (Wildman–Crippen LogP) is 5.57. The summed E-state index contributed by atoms with van der Waals surface area (Å²) in [5, 5.41) is -0.0786. The molecule has 116 valence electrons. The normalized spacial score (nSPS) is 13.8. The third-order valence-corrected chi connectivity index (χ3v) is 6.29. The molecule has 0 aliphatic rings. The number of fused-ring (bicyclic) bond motifs is 1. The topological polar surface area (TPSA) is 17.8 Å². The number of thioether (sulfide) groups is 1. The van der Waals surface area contributed by atoms with Crippen LogP contribution in [0.1, 0.15) is 50.4 Å². The first-order valence-electron chi connectivity index (χ1n) is 7.63. The number of imidazole rings is 1. The highest BCUT2D eigenvalue weighted by atomic mass is 35.5. The van der Waals surface area contributed by atoms with Crippen LogP contribution in [-0.2, 0) is 6.54 Å². The Hall–Kier alpha value is -0.670. The molecule has 1 unspecified atom stereocenters. The van der Waals surface area contributed by atoms with E-state index in [9.17, 15) is 0 Å². The third-order valence-electron chi connectivity index (χ3n) is 4.52. The van der Waals surface area contributed by atoms with Gasteiger partial charge in [0.05, 0.1) is 16.4 Å². The van der Waals surface area contributed by atoms with Gasteiger partial charge in [-0.25, -0.2) is 4.98 Å². The zero-order valence-electron chi connectivity index (χ0n) is 13.6. The van der Waals surface area contributed by atoms with Crippen LogP contribution in [0.15, 0.2) is 18.2 Å². The number of benzene rings is 1. The number of nitrogens with zero attached hydrogens (tertiary/aromatic N) is 2. The maximum absolute atomic E-state index is 6.40. The molecule has 0 aliphatic heterocycles. The highest BCUT2D eigenvalue weighted by molar-refractivity contribution is 8.00. The molecule has 2 rings (SSSR count). The summed E-state index contributed by atoms with van der Waals surface area (Å²) < 4.78 is 2.60. The Morgan fingerprint density at radius 3 is 2.52 bits per heavy atom. The highest BCUT2D eigenvalue weighted by Crippen LogP contribution is 2.36. The Bertz CT molecular complexity index is 606. The number of aromatic nitrogens is 2. The van der Waals surface area contributed by atoms with Crippen molar-refractivity contribution in [3.63, 3.8) is 0 Å². The number of alkyl halides is 1. The van der Waals surface area contributed by atoms with E-state index in [1.54, 1.807) is 0 Å². The van der Waals surface area contributed by atoms with Crippen molar-refractivity contribution in [1.82, 2.24) is 9.55 Å². The Labute approximate surface area is 137 Å². The zero-order valence-corrected chi connectivity index (χ0v) is 15.2. The van der Waals surface area contributed by atoms with Gasteiger partial charge in [0.2, 0.25) is 0 Å². The van der Waals surface area contributed by atoms with Gasteiger partial charge < -0.3 is 4.57 Å². The van der Waals surface area contributed by atoms with E-state index in [4.69, 9.17) is 16.6 Å². The van der Waals surface area contributed by atoms with Gasteiger partial charge in [-0.3, -0.25) is 0 Å². The van der Waals surface area contributed by atoms with E-state index in [2.05, 4.69) is 49.8 Å². The number of hydrogen-bond donors (Lipinski definition) is 0. The molecule has 1 atom stereocenters. The Balaban J connectivity index is 2.63. The van der Waals surface area contributed by atoms with Crippen molar-refractivity contribution in [2.75, 3.05) is 6.26 Å². The lowest BCUT2D eigenvalue weighted by Crippen LogP contribution is -2.30. The fourth-order valence-electron chi connectivity index (χ4n) is 2.96. The summed E-state index contributed by atoms with van der Waals surface area (Å²) in [6.07, 6.45) is 4.50. The summed E-state index contributed by atoms with van der Waals surface area (Å²) in [6, 6.07) is 6.31. The second-order valence-electron chi connectivity index (χ2n) is 5.71. The fourth-order valence-corrected chi connectivity index (χ4v) is 3.96. The van der Waals surface area contributed by atoms with Crippen LogP contribution in [0, 0.1) is 6.92 Å². The van der Waals surface area contributed by atoms with Gasteiger partial charge >= 0.3 is 0 Å². The van der Waals surface area contributed by atoms with Gasteiger partial charge in [0.1, 0.15) is 5.82 Å². The number of halogens is 1. The molecule has 2 aromatic rings. The second kappa shape index (κ2) is 6.62. The van der Waals surface area contributed by atoms with Crippen LogP contribution in [-0.4, -0.2) is 20.6 Å². The summed E-state index contributed by atoms with van der Waals surface area (Å²) in [6.45, 7) is 9.68. The third kappa shape index (κ3) is 3.09. The van der Waals surface area contributed by atoms with Gasteiger partial charge in [-0.2, -0.15) is 11.8 Å². The number of hydrogen-bond acceptors (Lipinski definition) is 2. The van der Waals surface area contributed by atoms with E-state index in [0.717, 1.165) is 30.7 Å². The van der Waals surface area contributed by atoms with Crippen molar-refractivity contribution >= 4 is 34.4 Å². The monoisotopic (exact) mass is 324 g/mol. The van der Waals surface area contributed by atoms with E-state index in [1.807, 2.05) is 18.7 Å². The molecule has 0 saturated carbocycles. The maximum Gasteiger partial charge on any atom is 0.127 e. The van der Waals surface area contributed by atoms with E-state index in [1.165, 1.54) is 11.1 Å². The van der Waals surface area contributed by atoms with Gasteiger partial charge in [-0.15, -0.1) is 11.6 Å². The SMILES string of the molecule is CCC(CC)(Cn1c(C(C)Cl)nc2cccc(C)c21)SC. The summed E-state index contributed by atoms with van der Waals surface area (Å²) in [5.74, 6) is 0.987. The standard InChI is InChI=1S/C17H25ClN2S/c1-6-17(7-2,21-5)11-20-15-12(3)9-8-10-14(15)19-16(20)13(4)18/h8-10,13H,6-7,11H2,1-5H3. The quantitative estimate of drug-likeness (QED) is 0.647. The Morgan fingerprint density at radius 1 is 1.33 bits per heavy atom. The smallest absolute Gasteiger partial charge is 0.127 e. The van der Waals surface area contributed by atoms with E-state index in [-0.39, 0.29) is 10.1 Å². The molecule has 0 radical (unpaired) electrons. The van der Waals surface area contributed by atoms with E-state index < -0.39 is 0 Å². The molecule has 1 aromatic carbocycles. The lowest BCUT2D eigenvalue weighted by molar-refractivity contribution is 0.463. The van der Waals surface area contributed by atoms with Crippen molar-refractivity contribution in [1.29, 1.82) is 0 Å². The fraction of sp³-hybridized carbons (Fsp3) is 0.588. The van der Waals surface area contributed by atoms with Crippen LogP contribution in [0.4, 0.5) is 0 Å². The molecule has 2 nitrogen and oxygen atoms in total. The number of para-hydroxylation sites is 1. The minimum atomic E-state index is -0.0786. The van der Waals surface area contributed by atoms with Crippen LogP contribution in [0.3, 0.4) is 0 Å². The molecule has 1 aromatic heterocycles. The van der Waals surface area contributed by atoms with E-state index in [0.29, 0.717) is 0 Å². The number of rotatable bonds is 6. The molecule has 0 amide bonds. The molecule has 0 fully saturated rings. The van der Waals surface area contributed by atoms with Crippen LogP contribution in [0.5, 0.6) is 0 Å². The molecule has 0 spiro atoms. The lowest BCUT2D eigenvalue weighted by atomic mass is 10.0. The Kier molecular flexibility index (Phi) is 5.26. The molecule has 0 saturated heterocycles. The van der Waals surface area contributed by atoms with Crippen LogP contribution in [0.2, 0.25) is 0 Å². The van der Waals surface area contributed by atoms with Gasteiger partial charge in [0.15, 0.2) is 0 Å². The van der Waals surface area contributed by atoms with Crippen LogP contribution in [0.25, 0.3) is 11.0 Å². The maximum atomic E-state index is 6.40. The molecular weight excluding hydrogens is 300 g/mol. The van der Waals surface area contributed by atoms with Crippen LogP contribution >= 0.6 is 23.4 Å². The average Bonchev–Trinajstić information content (AvgIpc) is 2.85. The molecular formula is C17H25ClN2S. The molecule has 21 heavy (non-hydrogen) atoms. The molecule has 0 N–H and O–H groups in total. The summed E-state index contributed by atoms with van der Waals surface area (Å²) in [4.78, 5) is 4.78. The van der Waals surface area contributed by atoms with Crippen LogP contribution < -0.4 is 0 Å². The molecule has 0 aliphatic carbocycles. The first kappa shape index (κ1) is 16.7.